The first kappa shape index (κ1) is 18.8. The lowest BCUT2D eigenvalue weighted by molar-refractivity contribution is 0.370. The highest BCUT2D eigenvalue weighted by Gasteiger charge is 2.30. The van der Waals surface area contributed by atoms with Crippen LogP contribution in [0.2, 0.25) is 0 Å². The van der Waals surface area contributed by atoms with Crippen molar-refractivity contribution in [3.8, 4) is 0 Å². The van der Waals surface area contributed by atoms with Crippen LogP contribution in [0.1, 0.15) is 32.8 Å². The minimum atomic E-state index is -3.13. The van der Waals surface area contributed by atoms with Gasteiger partial charge in [-0.25, -0.2) is 8.42 Å². The second-order valence-electron chi connectivity index (χ2n) is 7.24. The van der Waals surface area contributed by atoms with Gasteiger partial charge in [-0.05, 0) is 42.9 Å². The van der Waals surface area contributed by atoms with Gasteiger partial charge in [0.25, 0.3) is 0 Å². The van der Waals surface area contributed by atoms with Gasteiger partial charge in [0.2, 0.25) is 0 Å². The molecular formula is C18H29N3O2S. The van der Waals surface area contributed by atoms with Crippen molar-refractivity contribution in [3.05, 3.63) is 29.8 Å². The smallest absolute Gasteiger partial charge is 0.193 e. The summed E-state index contributed by atoms with van der Waals surface area (Å²) in [5.41, 5.74) is 1.45. The Morgan fingerprint density at radius 3 is 2.46 bits per heavy atom. The molecule has 0 bridgehead atoms. The molecular weight excluding hydrogens is 322 g/mol. The second kappa shape index (κ2) is 7.55. The highest BCUT2D eigenvalue weighted by molar-refractivity contribution is 7.90. The summed E-state index contributed by atoms with van der Waals surface area (Å²) >= 11 is 0. The monoisotopic (exact) mass is 351 g/mol. The maximum absolute atomic E-state index is 11.5. The Bertz CT molecular complexity index is 679. The van der Waals surface area contributed by atoms with E-state index in [0.717, 1.165) is 37.6 Å². The van der Waals surface area contributed by atoms with E-state index < -0.39 is 9.84 Å². The van der Waals surface area contributed by atoms with Crippen LogP contribution in [-0.2, 0) is 16.3 Å². The van der Waals surface area contributed by atoms with Gasteiger partial charge >= 0.3 is 0 Å². The van der Waals surface area contributed by atoms with Crippen LogP contribution in [0.5, 0.6) is 0 Å². The molecule has 1 heterocycles. The number of nitrogens with zero attached hydrogens (tertiary/aromatic N) is 2. The molecule has 0 radical (unpaired) electrons. The number of guanidine groups is 1. The van der Waals surface area contributed by atoms with Crippen LogP contribution in [0.15, 0.2) is 34.2 Å². The largest absolute Gasteiger partial charge is 0.357 e. The van der Waals surface area contributed by atoms with Crippen molar-refractivity contribution in [1.82, 2.24) is 10.2 Å². The molecule has 1 aromatic carbocycles. The Labute approximate surface area is 146 Å². The van der Waals surface area contributed by atoms with E-state index in [1.165, 1.54) is 12.7 Å². The SMILES string of the molecule is CCNC(=NCCc1ccc(S(C)(=O)=O)cc1)N1CCC(C)(C)C1. The fourth-order valence-electron chi connectivity index (χ4n) is 2.91. The zero-order valence-electron chi connectivity index (χ0n) is 15.2. The molecule has 1 aromatic rings. The molecule has 6 heteroatoms. The zero-order chi connectivity index (χ0) is 17.8. The molecule has 1 aliphatic heterocycles. The summed E-state index contributed by atoms with van der Waals surface area (Å²) in [6, 6.07) is 7.08. The molecule has 5 nitrogen and oxygen atoms in total. The molecule has 0 aromatic heterocycles. The lowest BCUT2D eigenvalue weighted by Crippen LogP contribution is -2.40. The quantitative estimate of drug-likeness (QED) is 0.653. The summed E-state index contributed by atoms with van der Waals surface area (Å²) in [6.07, 6.45) is 3.22. The van der Waals surface area contributed by atoms with Gasteiger partial charge < -0.3 is 10.2 Å². The minimum Gasteiger partial charge on any atom is -0.357 e. The van der Waals surface area contributed by atoms with Gasteiger partial charge in [0.1, 0.15) is 0 Å². The van der Waals surface area contributed by atoms with Gasteiger partial charge in [-0.2, -0.15) is 0 Å². The van der Waals surface area contributed by atoms with E-state index in [4.69, 9.17) is 4.99 Å². The topological polar surface area (TPSA) is 61.8 Å². The van der Waals surface area contributed by atoms with Crippen LogP contribution in [-0.4, -0.2) is 51.7 Å². The van der Waals surface area contributed by atoms with Gasteiger partial charge in [-0.15, -0.1) is 0 Å². The van der Waals surface area contributed by atoms with Crippen molar-refractivity contribution in [2.45, 2.75) is 38.5 Å². The molecule has 0 amide bonds. The summed E-state index contributed by atoms with van der Waals surface area (Å²) in [5, 5.41) is 3.37. The molecule has 0 saturated carbocycles. The highest BCUT2D eigenvalue weighted by atomic mass is 32.2. The molecule has 0 aliphatic carbocycles. The number of hydrogen-bond acceptors (Lipinski definition) is 3. The second-order valence-corrected chi connectivity index (χ2v) is 9.25. The summed E-state index contributed by atoms with van der Waals surface area (Å²) in [5.74, 6) is 0.982. The zero-order valence-corrected chi connectivity index (χ0v) is 16.0. The van der Waals surface area contributed by atoms with Crippen LogP contribution >= 0.6 is 0 Å². The lowest BCUT2D eigenvalue weighted by atomic mass is 9.93. The number of hydrogen-bond donors (Lipinski definition) is 1. The molecule has 2 rings (SSSR count). The van der Waals surface area contributed by atoms with Crippen LogP contribution < -0.4 is 5.32 Å². The number of sulfone groups is 1. The Hall–Kier alpha value is -1.56. The van der Waals surface area contributed by atoms with Crippen molar-refractivity contribution in [2.24, 2.45) is 10.4 Å². The first-order chi connectivity index (χ1) is 11.2. The van der Waals surface area contributed by atoms with Crippen molar-refractivity contribution in [2.75, 3.05) is 32.4 Å². The van der Waals surface area contributed by atoms with E-state index in [2.05, 4.69) is 31.0 Å². The molecule has 1 N–H and O–H groups in total. The maximum Gasteiger partial charge on any atom is 0.193 e. The van der Waals surface area contributed by atoms with E-state index in [1.54, 1.807) is 12.1 Å². The standard InChI is InChI=1S/C18H29N3O2S/c1-5-19-17(21-13-11-18(2,3)14-21)20-12-10-15-6-8-16(9-7-15)24(4,22)23/h6-9H,5,10-14H2,1-4H3,(H,19,20). The van der Waals surface area contributed by atoms with Crippen molar-refractivity contribution < 1.29 is 8.42 Å². The fourth-order valence-corrected chi connectivity index (χ4v) is 3.54. The molecule has 1 aliphatic rings. The van der Waals surface area contributed by atoms with Crippen molar-refractivity contribution >= 4 is 15.8 Å². The first-order valence-corrected chi connectivity index (χ1v) is 10.4. The number of likely N-dealkylation sites (tertiary alicyclic amines) is 1. The van der Waals surface area contributed by atoms with E-state index in [-0.39, 0.29) is 0 Å². The normalized spacial score (nSPS) is 18.0. The third-order valence-electron chi connectivity index (χ3n) is 4.33. The summed E-state index contributed by atoms with van der Waals surface area (Å²) in [6.45, 7) is 10.3. The number of benzene rings is 1. The van der Waals surface area contributed by atoms with Gasteiger partial charge in [0, 0.05) is 32.4 Å². The molecule has 134 valence electrons. The molecule has 0 atom stereocenters. The summed E-state index contributed by atoms with van der Waals surface area (Å²) < 4.78 is 23.0. The van der Waals surface area contributed by atoms with Gasteiger partial charge in [0.15, 0.2) is 15.8 Å². The number of nitrogens with one attached hydrogen (secondary N) is 1. The average molecular weight is 352 g/mol. The van der Waals surface area contributed by atoms with Gasteiger partial charge in [0.05, 0.1) is 4.90 Å². The summed E-state index contributed by atoms with van der Waals surface area (Å²) in [4.78, 5) is 7.43. The Morgan fingerprint density at radius 2 is 1.96 bits per heavy atom. The molecule has 0 spiro atoms. The Balaban J connectivity index is 1.97. The van der Waals surface area contributed by atoms with E-state index in [1.807, 2.05) is 12.1 Å². The van der Waals surface area contributed by atoms with Crippen molar-refractivity contribution in [3.63, 3.8) is 0 Å². The Kier molecular flexibility index (Phi) is 5.91. The van der Waals surface area contributed by atoms with Gasteiger partial charge in [-0.3, -0.25) is 4.99 Å². The van der Waals surface area contributed by atoms with Crippen LogP contribution in [0.3, 0.4) is 0 Å². The van der Waals surface area contributed by atoms with Crippen LogP contribution in [0.4, 0.5) is 0 Å². The molecule has 0 unspecified atom stereocenters. The number of rotatable bonds is 5. The van der Waals surface area contributed by atoms with E-state index in [9.17, 15) is 8.42 Å². The highest BCUT2D eigenvalue weighted by Crippen LogP contribution is 2.28. The van der Waals surface area contributed by atoms with Crippen LogP contribution in [0.25, 0.3) is 0 Å². The third kappa shape index (κ3) is 5.23. The average Bonchev–Trinajstić information content (AvgIpc) is 2.86. The molecule has 1 saturated heterocycles. The first-order valence-electron chi connectivity index (χ1n) is 8.53. The fraction of sp³-hybridized carbons (Fsp3) is 0.611. The molecule has 24 heavy (non-hydrogen) atoms. The lowest BCUT2D eigenvalue weighted by Gasteiger charge is -2.23. The van der Waals surface area contributed by atoms with E-state index in [0.29, 0.717) is 16.9 Å². The minimum absolute atomic E-state index is 0.345. The van der Waals surface area contributed by atoms with Crippen molar-refractivity contribution in [1.29, 1.82) is 0 Å². The summed E-state index contributed by atoms with van der Waals surface area (Å²) in [7, 11) is -3.13. The van der Waals surface area contributed by atoms with E-state index >= 15 is 0 Å². The maximum atomic E-state index is 11.5. The van der Waals surface area contributed by atoms with Gasteiger partial charge in [-0.1, -0.05) is 26.0 Å². The Morgan fingerprint density at radius 1 is 1.29 bits per heavy atom. The molecule has 1 fully saturated rings. The predicted octanol–water partition coefficient (Wildman–Crippen LogP) is 2.33. The van der Waals surface area contributed by atoms with Crippen LogP contribution in [0, 0.1) is 5.41 Å². The number of aliphatic imine (C=N–C) groups is 1. The predicted molar refractivity (Wildman–Crippen MR) is 99.2 cm³/mol. The third-order valence-corrected chi connectivity index (χ3v) is 5.45.